The zero-order valence-electron chi connectivity index (χ0n) is 16.2. The topological polar surface area (TPSA) is 64.4 Å². The number of carbonyl (C=O) groups excluding carboxylic acids is 1. The molecule has 5 aromatic rings. The SMILES string of the molecule is Cc1ccc2c(CC(=O)Nc3nc4ccc(Oc5ccccc5)cc4s3)coc2c1. The van der Waals surface area contributed by atoms with Crippen molar-refractivity contribution in [1.82, 2.24) is 4.98 Å². The Morgan fingerprint density at radius 1 is 1.07 bits per heavy atom. The highest BCUT2D eigenvalue weighted by Gasteiger charge is 2.13. The van der Waals surface area contributed by atoms with Crippen molar-refractivity contribution in [2.24, 2.45) is 0 Å². The number of carbonyl (C=O) groups is 1. The maximum Gasteiger partial charge on any atom is 0.230 e. The van der Waals surface area contributed by atoms with Crippen LogP contribution >= 0.6 is 11.3 Å². The molecule has 148 valence electrons. The monoisotopic (exact) mass is 414 g/mol. The summed E-state index contributed by atoms with van der Waals surface area (Å²) in [4.78, 5) is 17.1. The minimum absolute atomic E-state index is 0.127. The standard InChI is InChI=1S/C24H18N2O3S/c1-15-7-9-19-16(14-28-21(19)11-15)12-23(27)26-24-25-20-10-8-18(13-22(20)30-24)29-17-5-3-2-4-6-17/h2-11,13-14H,12H2,1H3,(H,25,26,27). The number of fused-ring (bicyclic) bond motifs is 2. The number of benzene rings is 3. The molecule has 5 nitrogen and oxygen atoms in total. The first-order chi connectivity index (χ1) is 14.6. The molecule has 0 aliphatic heterocycles. The molecule has 0 unspecified atom stereocenters. The zero-order valence-corrected chi connectivity index (χ0v) is 17.0. The number of anilines is 1. The summed E-state index contributed by atoms with van der Waals surface area (Å²) in [6.45, 7) is 2.01. The van der Waals surface area contributed by atoms with Crippen LogP contribution in [0.15, 0.2) is 77.4 Å². The van der Waals surface area contributed by atoms with Gasteiger partial charge in [0, 0.05) is 17.0 Å². The molecule has 0 aliphatic rings. The van der Waals surface area contributed by atoms with Gasteiger partial charge >= 0.3 is 0 Å². The van der Waals surface area contributed by atoms with Crippen molar-refractivity contribution in [2.45, 2.75) is 13.3 Å². The number of amides is 1. The third-order valence-corrected chi connectivity index (χ3v) is 5.68. The fourth-order valence-electron chi connectivity index (χ4n) is 3.31. The van der Waals surface area contributed by atoms with Crippen molar-refractivity contribution < 1.29 is 13.9 Å². The highest BCUT2D eigenvalue weighted by molar-refractivity contribution is 7.22. The van der Waals surface area contributed by atoms with Crippen LogP contribution in [0.3, 0.4) is 0 Å². The molecule has 0 atom stereocenters. The minimum atomic E-state index is -0.127. The molecular weight excluding hydrogens is 396 g/mol. The fraction of sp³-hybridized carbons (Fsp3) is 0.0833. The number of hydrogen-bond donors (Lipinski definition) is 1. The van der Waals surface area contributed by atoms with Gasteiger partial charge in [-0.05, 0) is 42.8 Å². The second-order valence-corrected chi connectivity index (χ2v) is 8.08. The Morgan fingerprint density at radius 2 is 1.93 bits per heavy atom. The Kier molecular flexibility index (Phi) is 4.69. The molecule has 0 spiro atoms. The van der Waals surface area contributed by atoms with Crippen LogP contribution in [0, 0.1) is 6.92 Å². The zero-order chi connectivity index (χ0) is 20.5. The molecule has 30 heavy (non-hydrogen) atoms. The largest absolute Gasteiger partial charge is 0.464 e. The van der Waals surface area contributed by atoms with E-state index in [2.05, 4.69) is 10.3 Å². The number of rotatable bonds is 5. The number of hydrogen-bond acceptors (Lipinski definition) is 5. The van der Waals surface area contributed by atoms with Gasteiger partial charge in [-0.1, -0.05) is 41.7 Å². The molecular formula is C24H18N2O3S. The van der Waals surface area contributed by atoms with Crippen molar-refractivity contribution in [3.63, 3.8) is 0 Å². The first-order valence-electron chi connectivity index (χ1n) is 9.54. The summed E-state index contributed by atoms with van der Waals surface area (Å²) in [6.07, 6.45) is 1.88. The normalized spacial score (nSPS) is 11.1. The molecule has 5 rings (SSSR count). The van der Waals surface area contributed by atoms with Crippen molar-refractivity contribution >= 4 is 43.6 Å². The fourth-order valence-corrected chi connectivity index (χ4v) is 4.22. The van der Waals surface area contributed by atoms with E-state index in [9.17, 15) is 4.79 Å². The Hall–Kier alpha value is -3.64. The second-order valence-electron chi connectivity index (χ2n) is 7.05. The molecule has 2 aromatic heterocycles. The van der Waals surface area contributed by atoms with Crippen molar-refractivity contribution in [3.05, 3.63) is 84.1 Å². The maximum absolute atomic E-state index is 12.6. The summed E-state index contributed by atoms with van der Waals surface area (Å²) in [5, 5.41) is 4.43. The third-order valence-electron chi connectivity index (χ3n) is 4.75. The van der Waals surface area contributed by atoms with E-state index in [-0.39, 0.29) is 12.3 Å². The highest BCUT2D eigenvalue weighted by atomic mass is 32.1. The Bertz CT molecular complexity index is 1360. The van der Waals surface area contributed by atoms with Crippen LogP contribution in [0.1, 0.15) is 11.1 Å². The molecule has 0 saturated carbocycles. The lowest BCUT2D eigenvalue weighted by molar-refractivity contribution is -0.115. The molecule has 0 saturated heterocycles. The van der Waals surface area contributed by atoms with Gasteiger partial charge < -0.3 is 14.5 Å². The average molecular weight is 414 g/mol. The number of para-hydroxylation sites is 1. The summed E-state index contributed by atoms with van der Waals surface area (Å²) in [5.41, 5.74) is 3.60. The van der Waals surface area contributed by atoms with Crippen LogP contribution in [-0.4, -0.2) is 10.9 Å². The van der Waals surface area contributed by atoms with E-state index < -0.39 is 0 Å². The van der Waals surface area contributed by atoms with Gasteiger partial charge in [-0.25, -0.2) is 4.98 Å². The van der Waals surface area contributed by atoms with E-state index in [0.29, 0.717) is 5.13 Å². The number of aromatic nitrogens is 1. The smallest absolute Gasteiger partial charge is 0.230 e. The molecule has 2 heterocycles. The minimum Gasteiger partial charge on any atom is -0.464 e. The predicted molar refractivity (Wildman–Crippen MR) is 119 cm³/mol. The van der Waals surface area contributed by atoms with Crippen LogP contribution in [0.4, 0.5) is 5.13 Å². The lowest BCUT2D eigenvalue weighted by Gasteiger charge is -2.04. The van der Waals surface area contributed by atoms with Gasteiger partial charge in [-0.15, -0.1) is 0 Å². The quantitative estimate of drug-likeness (QED) is 0.365. The summed E-state index contributed by atoms with van der Waals surface area (Å²) >= 11 is 1.42. The summed E-state index contributed by atoms with van der Waals surface area (Å²) in [7, 11) is 0. The summed E-state index contributed by atoms with van der Waals surface area (Å²) in [5.74, 6) is 1.38. The lowest BCUT2D eigenvalue weighted by atomic mass is 10.1. The Morgan fingerprint density at radius 3 is 2.80 bits per heavy atom. The van der Waals surface area contributed by atoms with E-state index in [1.54, 1.807) is 6.26 Å². The van der Waals surface area contributed by atoms with E-state index in [4.69, 9.17) is 9.15 Å². The van der Waals surface area contributed by atoms with Gasteiger partial charge in [0.1, 0.15) is 17.1 Å². The molecule has 0 aliphatic carbocycles. The first-order valence-corrected chi connectivity index (χ1v) is 10.4. The highest BCUT2D eigenvalue weighted by Crippen LogP contribution is 2.31. The molecule has 1 N–H and O–H groups in total. The van der Waals surface area contributed by atoms with Gasteiger partial charge in [0.25, 0.3) is 0 Å². The average Bonchev–Trinajstić information content (AvgIpc) is 3.31. The van der Waals surface area contributed by atoms with E-state index in [0.717, 1.165) is 43.8 Å². The molecule has 1 amide bonds. The Balaban J connectivity index is 1.31. The van der Waals surface area contributed by atoms with Crippen molar-refractivity contribution in [3.8, 4) is 11.5 Å². The number of nitrogens with zero attached hydrogens (tertiary/aromatic N) is 1. The summed E-state index contributed by atoms with van der Waals surface area (Å²) in [6, 6.07) is 21.3. The first kappa shape index (κ1) is 18.4. The summed E-state index contributed by atoms with van der Waals surface area (Å²) < 4.78 is 12.4. The van der Waals surface area contributed by atoms with Crippen LogP contribution in [-0.2, 0) is 11.2 Å². The van der Waals surface area contributed by atoms with Crippen molar-refractivity contribution in [2.75, 3.05) is 5.32 Å². The maximum atomic E-state index is 12.6. The van der Waals surface area contributed by atoms with Gasteiger partial charge in [0.15, 0.2) is 5.13 Å². The Labute approximate surface area is 176 Å². The molecule has 3 aromatic carbocycles. The van der Waals surface area contributed by atoms with Crippen LogP contribution in [0.5, 0.6) is 11.5 Å². The van der Waals surface area contributed by atoms with Crippen LogP contribution < -0.4 is 10.1 Å². The van der Waals surface area contributed by atoms with Gasteiger partial charge in [-0.3, -0.25) is 4.79 Å². The molecule has 0 radical (unpaired) electrons. The second kappa shape index (κ2) is 7.65. The molecule has 0 fully saturated rings. The number of furan rings is 1. The molecule has 0 bridgehead atoms. The lowest BCUT2D eigenvalue weighted by Crippen LogP contribution is -2.13. The predicted octanol–water partition coefficient (Wildman–Crippen LogP) is 6.32. The third kappa shape index (κ3) is 3.77. The van der Waals surface area contributed by atoms with Gasteiger partial charge in [-0.2, -0.15) is 0 Å². The van der Waals surface area contributed by atoms with Crippen LogP contribution in [0.2, 0.25) is 0 Å². The number of ether oxygens (including phenoxy) is 1. The van der Waals surface area contributed by atoms with Gasteiger partial charge in [0.05, 0.1) is 22.9 Å². The van der Waals surface area contributed by atoms with Gasteiger partial charge in [0.2, 0.25) is 5.91 Å². The van der Waals surface area contributed by atoms with Crippen LogP contribution in [0.25, 0.3) is 21.2 Å². The van der Waals surface area contributed by atoms with Crippen molar-refractivity contribution in [1.29, 1.82) is 0 Å². The van der Waals surface area contributed by atoms with E-state index >= 15 is 0 Å². The van der Waals surface area contributed by atoms with E-state index in [1.165, 1.54) is 11.3 Å². The number of nitrogens with one attached hydrogen (secondary N) is 1. The molecule has 6 heteroatoms. The number of aryl methyl sites for hydroxylation is 1. The number of thiazole rings is 1. The van der Waals surface area contributed by atoms with E-state index in [1.807, 2.05) is 73.7 Å².